The summed E-state index contributed by atoms with van der Waals surface area (Å²) in [4.78, 5) is 21.2. The summed E-state index contributed by atoms with van der Waals surface area (Å²) < 4.78 is 33.4. The van der Waals surface area contributed by atoms with Crippen molar-refractivity contribution >= 4 is 11.6 Å². The number of aromatic nitrogens is 4. The summed E-state index contributed by atoms with van der Waals surface area (Å²) >= 11 is 0. The smallest absolute Gasteiger partial charge is 0.270 e. The first-order valence-corrected chi connectivity index (χ1v) is 8.85. The lowest BCUT2D eigenvalue weighted by molar-refractivity contribution is -0.0389. The number of pyridine rings is 1. The van der Waals surface area contributed by atoms with Gasteiger partial charge in [-0.2, -0.15) is 4.98 Å². The number of nitrogens with one attached hydrogen (secondary N) is 1. The third-order valence-electron chi connectivity index (χ3n) is 4.89. The Hall–Kier alpha value is -2.84. The van der Waals surface area contributed by atoms with E-state index in [4.69, 9.17) is 4.52 Å². The highest BCUT2D eigenvalue weighted by molar-refractivity contribution is 5.94. The molecule has 1 fully saturated rings. The van der Waals surface area contributed by atoms with Crippen LogP contribution in [0.3, 0.4) is 0 Å². The van der Waals surface area contributed by atoms with Crippen LogP contribution in [0, 0.1) is 6.92 Å². The molecule has 0 aliphatic heterocycles. The van der Waals surface area contributed by atoms with Crippen LogP contribution in [0.1, 0.15) is 59.5 Å². The van der Waals surface area contributed by atoms with Crippen LogP contribution in [0.4, 0.5) is 8.78 Å². The van der Waals surface area contributed by atoms with Gasteiger partial charge in [-0.25, -0.2) is 13.8 Å². The third-order valence-corrected chi connectivity index (χ3v) is 4.89. The van der Waals surface area contributed by atoms with Crippen LogP contribution in [0.2, 0.25) is 0 Å². The Bertz CT molecular complexity index is 971. The molecule has 142 valence electrons. The topological polar surface area (TPSA) is 85.3 Å². The molecule has 9 heteroatoms. The van der Waals surface area contributed by atoms with E-state index in [-0.39, 0.29) is 37.1 Å². The largest absolute Gasteiger partial charge is 0.342 e. The van der Waals surface area contributed by atoms with Gasteiger partial charge in [0, 0.05) is 25.0 Å². The van der Waals surface area contributed by atoms with Gasteiger partial charge < -0.3 is 9.84 Å². The summed E-state index contributed by atoms with van der Waals surface area (Å²) in [6.07, 6.45) is 2.12. The summed E-state index contributed by atoms with van der Waals surface area (Å²) in [6, 6.07) is 5.50. The summed E-state index contributed by atoms with van der Waals surface area (Å²) in [5.41, 5.74) is 1.75. The maximum Gasteiger partial charge on any atom is 0.270 e. The number of aryl methyl sites for hydroxylation is 1. The molecule has 7 nitrogen and oxygen atoms in total. The normalized spacial score (nSPS) is 17.3. The molecular weight excluding hydrogens is 356 g/mol. The lowest BCUT2D eigenvalue weighted by Gasteiger charge is -2.26. The van der Waals surface area contributed by atoms with Gasteiger partial charge in [0.1, 0.15) is 11.3 Å². The lowest BCUT2D eigenvalue weighted by atomic mass is 9.86. The minimum atomic E-state index is -2.59. The zero-order valence-corrected chi connectivity index (χ0v) is 14.8. The molecule has 0 spiro atoms. The van der Waals surface area contributed by atoms with E-state index in [1.54, 1.807) is 17.5 Å². The number of fused-ring (bicyclic) bond motifs is 1. The van der Waals surface area contributed by atoms with Gasteiger partial charge in [0.15, 0.2) is 5.82 Å². The zero-order valence-electron chi connectivity index (χ0n) is 14.8. The third kappa shape index (κ3) is 3.54. The van der Waals surface area contributed by atoms with Gasteiger partial charge in [-0.3, -0.25) is 9.20 Å². The zero-order chi connectivity index (χ0) is 19.0. The van der Waals surface area contributed by atoms with Gasteiger partial charge in [0.2, 0.25) is 11.8 Å². The maximum absolute atomic E-state index is 13.3. The van der Waals surface area contributed by atoms with Crippen molar-refractivity contribution < 1.29 is 18.1 Å². The van der Waals surface area contributed by atoms with Crippen LogP contribution in [-0.4, -0.2) is 31.4 Å². The number of hydrogen-bond acceptors (Lipinski definition) is 5. The number of hydrogen-bond donors (Lipinski definition) is 1. The van der Waals surface area contributed by atoms with Crippen molar-refractivity contribution in [3.05, 3.63) is 47.5 Å². The van der Waals surface area contributed by atoms with Crippen molar-refractivity contribution in [3.63, 3.8) is 0 Å². The minimum absolute atomic E-state index is 0.0637. The number of imidazole rings is 1. The summed E-state index contributed by atoms with van der Waals surface area (Å²) in [5.74, 6) is -2.34. The Morgan fingerprint density at radius 1 is 1.33 bits per heavy atom. The van der Waals surface area contributed by atoms with E-state index >= 15 is 0 Å². The van der Waals surface area contributed by atoms with E-state index in [9.17, 15) is 13.6 Å². The van der Waals surface area contributed by atoms with Gasteiger partial charge in [0.05, 0.1) is 12.2 Å². The summed E-state index contributed by atoms with van der Waals surface area (Å²) in [5, 5.41) is 6.64. The van der Waals surface area contributed by atoms with E-state index in [0.717, 1.165) is 0 Å². The molecule has 3 aromatic rings. The van der Waals surface area contributed by atoms with Gasteiger partial charge in [-0.05, 0) is 31.9 Å². The molecule has 0 atom stereocenters. The number of carbonyl (C=O) groups excluding carboxylic acids is 1. The van der Waals surface area contributed by atoms with Gasteiger partial charge in [-0.1, -0.05) is 11.2 Å². The van der Waals surface area contributed by atoms with Gasteiger partial charge in [-0.15, -0.1) is 0 Å². The monoisotopic (exact) mass is 375 g/mol. The quantitative estimate of drug-likeness (QED) is 0.757. The highest BCUT2D eigenvalue weighted by Crippen LogP contribution is 2.39. The van der Waals surface area contributed by atoms with Crippen molar-refractivity contribution in [1.82, 2.24) is 24.8 Å². The van der Waals surface area contributed by atoms with Crippen LogP contribution in [0.15, 0.2) is 28.9 Å². The van der Waals surface area contributed by atoms with Gasteiger partial charge in [0.25, 0.3) is 5.91 Å². The Morgan fingerprint density at radius 2 is 2.11 bits per heavy atom. The molecule has 1 N–H and O–H groups in total. The number of alkyl halides is 2. The molecule has 27 heavy (non-hydrogen) atoms. The van der Waals surface area contributed by atoms with E-state index < -0.39 is 5.92 Å². The molecule has 4 rings (SSSR count). The number of halogens is 2. The molecule has 1 amide bonds. The fourth-order valence-electron chi connectivity index (χ4n) is 3.43. The molecule has 1 aliphatic carbocycles. The average Bonchev–Trinajstić information content (AvgIpc) is 3.23. The predicted octanol–water partition coefficient (Wildman–Crippen LogP) is 3.25. The second-order valence-corrected chi connectivity index (χ2v) is 6.83. The lowest BCUT2D eigenvalue weighted by Crippen LogP contribution is -2.25. The number of carbonyl (C=O) groups is 1. The molecule has 3 heterocycles. The van der Waals surface area contributed by atoms with Crippen molar-refractivity contribution in [3.8, 4) is 0 Å². The molecule has 1 saturated carbocycles. The molecule has 0 aromatic carbocycles. The molecular formula is C18H19F2N5O2. The second kappa shape index (κ2) is 6.71. The van der Waals surface area contributed by atoms with Crippen LogP contribution < -0.4 is 5.32 Å². The van der Waals surface area contributed by atoms with Crippen LogP contribution in [0.5, 0.6) is 0 Å². The van der Waals surface area contributed by atoms with Crippen LogP contribution in [0.25, 0.3) is 5.65 Å². The van der Waals surface area contributed by atoms with Crippen molar-refractivity contribution in [2.45, 2.75) is 51.0 Å². The molecule has 0 unspecified atom stereocenters. The minimum Gasteiger partial charge on any atom is -0.342 e. The molecule has 0 bridgehead atoms. The van der Waals surface area contributed by atoms with Crippen molar-refractivity contribution in [1.29, 1.82) is 0 Å². The molecule has 0 radical (unpaired) electrons. The van der Waals surface area contributed by atoms with Crippen molar-refractivity contribution in [2.75, 3.05) is 0 Å². The van der Waals surface area contributed by atoms with E-state index in [1.807, 2.05) is 18.2 Å². The van der Waals surface area contributed by atoms with Crippen LogP contribution in [-0.2, 0) is 6.54 Å². The first-order valence-electron chi connectivity index (χ1n) is 8.85. The molecule has 1 aliphatic rings. The highest BCUT2D eigenvalue weighted by Gasteiger charge is 2.37. The molecule has 0 saturated heterocycles. The number of nitrogens with zero attached hydrogens (tertiary/aromatic N) is 4. The molecule has 3 aromatic heterocycles. The SMILES string of the molecule is Cc1nc2ccccn2c1C(=O)NCc1nc(C2CCC(F)(F)CC2)no1. The van der Waals surface area contributed by atoms with Crippen molar-refractivity contribution in [2.24, 2.45) is 0 Å². The Labute approximate surface area is 153 Å². The summed E-state index contributed by atoms with van der Waals surface area (Å²) in [6.45, 7) is 1.83. The van der Waals surface area contributed by atoms with E-state index in [0.29, 0.717) is 35.7 Å². The first-order chi connectivity index (χ1) is 12.9. The fourth-order valence-corrected chi connectivity index (χ4v) is 3.43. The first kappa shape index (κ1) is 17.6. The predicted molar refractivity (Wildman–Crippen MR) is 91.6 cm³/mol. The average molecular weight is 375 g/mol. The standard InChI is InChI=1S/C18H19F2N5O2/c1-11-15(25-9-3-2-4-13(25)22-11)17(26)21-10-14-23-16(24-27-14)12-5-7-18(19,20)8-6-12/h2-4,9,12H,5-8,10H2,1H3,(H,21,26). The van der Waals surface area contributed by atoms with E-state index in [2.05, 4.69) is 20.4 Å². The highest BCUT2D eigenvalue weighted by atomic mass is 19.3. The fraction of sp³-hybridized carbons (Fsp3) is 0.444. The Balaban J connectivity index is 1.41. The second-order valence-electron chi connectivity index (χ2n) is 6.83. The summed E-state index contributed by atoms with van der Waals surface area (Å²) in [7, 11) is 0. The van der Waals surface area contributed by atoms with E-state index in [1.165, 1.54) is 0 Å². The Morgan fingerprint density at radius 3 is 2.89 bits per heavy atom. The number of amides is 1. The van der Waals surface area contributed by atoms with Crippen LogP contribution >= 0.6 is 0 Å². The van der Waals surface area contributed by atoms with Gasteiger partial charge >= 0.3 is 0 Å². The maximum atomic E-state index is 13.3. The number of rotatable bonds is 4. The Kier molecular flexibility index (Phi) is 4.37.